The van der Waals surface area contributed by atoms with Gasteiger partial charge in [-0.1, -0.05) is 12.1 Å². The summed E-state index contributed by atoms with van der Waals surface area (Å²) >= 11 is 1.22. The van der Waals surface area contributed by atoms with E-state index in [1.54, 1.807) is 17.5 Å². The lowest BCUT2D eigenvalue weighted by Gasteiger charge is -2.14. The van der Waals surface area contributed by atoms with Gasteiger partial charge in [-0.3, -0.25) is 4.79 Å². The molecule has 2 aromatic rings. The van der Waals surface area contributed by atoms with Crippen molar-refractivity contribution >= 4 is 23.2 Å². The van der Waals surface area contributed by atoms with E-state index in [4.69, 9.17) is 0 Å². The zero-order valence-corrected chi connectivity index (χ0v) is 11.6. The molecule has 0 saturated carbocycles. The molecule has 1 heterocycles. The first-order valence-electron chi connectivity index (χ1n) is 6.05. The van der Waals surface area contributed by atoms with Crippen molar-refractivity contribution in [1.29, 1.82) is 0 Å². The Hall–Kier alpha value is -2.54. The van der Waals surface area contributed by atoms with Gasteiger partial charge in [0.15, 0.2) is 11.5 Å². The van der Waals surface area contributed by atoms with Crippen LogP contribution in [0.25, 0.3) is 0 Å². The first-order valence-corrected chi connectivity index (χ1v) is 6.93. The fraction of sp³-hybridized carbons (Fsp3) is 0.143. The molecule has 21 heavy (non-hydrogen) atoms. The topological polar surface area (TPSA) is 107 Å². The van der Waals surface area contributed by atoms with Crippen molar-refractivity contribution in [2.45, 2.75) is 12.5 Å². The number of carbonyl (C=O) groups is 2. The van der Waals surface area contributed by atoms with Crippen LogP contribution in [0.2, 0.25) is 0 Å². The van der Waals surface area contributed by atoms with Crippen molar-refractivity contribution < 1.29 is 24.9 Å². The van der Waals surface area contributed by atoms with Gasteiger partial charge in [0.2, 0.25) is 0 Å². The molecule has 0 radical (unpaired) electrons. The van der Waals surface area contributed by atoms with E-state index in [-0.39, 0.29) is 17.9 Å². The quantitative estimate of drug-likeness (QED) is 0.627. The van der Waals surface area contributed by atoms with Crippen LogP contribution >= 0.6 is 11.3 Å². The summed E-state index contributed by atoms with van der Waals surface area (Å²) in [5.41, 5.74) is 0.490. The van der Waals surface area contributed by atoms with Gasteiger partial charge in [-0.25, -0.2) is 4.79 Å². The summed E-state index contributed by atoms with van der Waals surface area (Å²) in [6, 6.07) is 6.21. The van der Waals surface area contributed by atoms with E-state index in [0.717, 1.165) is 0 Å². The fourth-order valence-electron chi connectivity index (χ4n) is 1.77. The third kappa shape index (κ3) is 3.73. The van der Waals surface area contributed by atoms with Crippen molar-refractivity contribution in [3.63, 3.8) is 0 Å². The van der Waals surface area contributed by atoms with Crippen molar-refractivity contribution in [2.24, 2.45) is 0 Å². The van der Waals surface area contributed by atoms with Gasteiger partial charge < -0.3 is 20.6 Å². The summed E-state index contributed by atoms with van der Waals surface area (Å²) in [5, 5.41) is 32.0. The number of aliphatic carboxylic acids is 1. The van der Waals surface area contributed by atoms with Crippen molar-refractivity contribution in [2.75, 3.05) is 0 Å². The van der Waals surface area contributed by atoms with Crippen molar-refractivity contribution in [1.82, 2.24) is 5.32 Å². The molecule has 0 aliphatic heterocycles. The minimum absolute atomic E-state index is 0.000286. The number of thiophene rings is 1. The second-order valence-electron chi connectivity index (χ2n) is 4.37. The van der Waals surface area contributed by atoms with E-state index >= 15 is 0 Å². The maximum absolute atomic E-state index is 11.9. The number of carboxylic acid groups (broad SMARTS) is 1. The molecule has 7 heteroatoms. The van der Waals surface area contributed by atoms with Gasteiger partial charge in [0.25, 0.3) is 5.91 Å². The molecule has 0 aliphatic carbocycles. The highest BCUT2D eigenvalue weighted by atomic mass is 32.1. The van der Waals surface area contributed by atoms with Gasteiger partial charge in [0.1, 0.15) is 6.04 Å². The molecule has 4 N–H and O–H groups in total. The summed E-state index contributed by atoms with van der Waals surface area (Å²) in [4.78, 5) is 23.5. The molecule has 1 aromatic heterocycles. The number of hydrogen-bond acceptors (Lipinski definition) is 5. The minimum atomic E-state index is -1.17. The number of aromatic hydroxyl groups is 2. The number of nitrogens with one attached hydrogen (secondary N) is 1. The average molecular weight is 307 g/mol. The Balaban J connectivity index is 2.10. The Kier molecular flexibility index (Phi) is 4.44. The largest absolute Gasteiger partial charge is 0.504 e. The summed E-state index contributed by atoms with van der Waals surface area (Å²) in [6.07, 6.45) is 0.000286. The highest BCUT2D eigenvalue weighted by Gasteiger charge is 2.22. The molecule has 0 spiro atoms. The predicted octanol–water partition coefficient (Wildman–Crippen LogP) is 1.58. The monoisotopic (exact) mass is 307 g/mol. The van der Waals surface area contributed by atoms with E-state index in [1.807, 2.05) is 0 Å². The molecule has 110 valence electrons. The molecule has 1 atom stereocenters. The molecule has 0 aliphatic rings. The lowest BCUT2D eigenvalue weighted by molar-refractivity contribution is -0.139. The smallest absolute Gasteiger partial charge is 0.326 e. The number of carboxylic acids is 1. The average Bonchev–Trinajstić information content (AvgIpc) is 2.96. The van der Waals surface area contributed by atoms with Crippen LogP contribution in [0.5, 0.6) is 11.5 Å². The second-order valence-corrected chi connectivity index (χ2v) is 5.32. The Morgan fingerprint density at radius 1 is 1.19 bits per heavy atom. The molecular weight excluding hydrogens is 294 g/mol. The third-order valence-electron chi connectivity index (χ3n) is 2.83. The first-order chi connectivity index (χ1) is 9.97. The molecule has 1 aromatic carbocycles. The highest BCUT2D eigenvalue weighted by Crippen LogP contribution is 2.25. The lowest BCUT2D eigenvalue weighted by Crippen LogP contribution is -2.42. The van der Waals surface area contributed by atoms with Crippen LogP contribution in [-0.4, -0.2) is 33.2 Å². The SMILES string of the molecule is O=C(NC(Cc1ccc(O)c(O)c1)C(=O)O)c1cccs1. The van der Waals surface area contributed by atoms with Gasteiger partial charge in [-0.15, -0.1) is 11.3 Å². The van der Waals surface area contributed by atoms with Gasteiger partial charge >= 0.3 is 5.97 Å². The molecule has 6 nitrogen and oxygen atoms in total. The van der Waals surface area contributed by atoms with E-state index in [2.05, 4.69) is 5.32 Å². The number of hydrogen-bond donors (Lipinski definition) is 4. The standard InChI is InChI=1S/C14H13NO5S/c16-10-4-3-8(7-11(10)17)6-9(14(19)20)15-13(18)12-2-1-5-21-12/h1-5,7,9,16-17H,6H2,(H,15,18)(H,19,20). The molecule has 0 saturated heterocycles. The first kappa shape index (κ1) is 14.9. The number of phenols is 2. The summed E-state index contributed by atoms with van der Waals surface area (Å²) in [6.45, 7) is 0. The van der Waals surface area contributed by atoms with Gasteiger partial charge in [-0.05, 0) is 29.1 Å². The van der Waals surface area contributed by atoms with Crippen LogP contribution in [0.1, 0.15) is 15.2 Å². The summed E-state index contributed by atoms with van der Waals surface area (Å²) in [5.74, 6) is -2.25. The Bertz CT molecular complexity index is 653. The van der Waals surface area contributed by atoms with E-state index in [1.165, 1.54) is 29.5 Å². The second kappa shape index (κ2) is 6.27. The van der Waals surface area contributed by atoms with Crippen LogP contribution in [0.3, 0.4) is 0 Å². The predicted molar refractivity (Wildman–Crippen MR) is 76.7 cm³/mol. The Morgan fingerprint density at radius 3 is 2.52 bits per heavy atom. The van der Waals surface area contributed by atoms with Crippen LogP contribution in [0.15, 0.2) is 35.7 Å². The Morgan fingerprint density at radius 2 is 1.95 bits per heavy atom. The lowest BCUT2D eigenvalue weighted by atomic mass is 10.1. The summed E-state index contributed by atoms with van der Waals surface area (Å²) < 4.78 is 0. The van der Waals surface area contributed by atoms with Gasteiger partial charge in [-0.2, -0.15) is 0 Å². The summed E-state index contributed by atoms with van der Waals surface area (Å²) in [7, 11) is 0. The van der Waals surface area contributed by atoms with Crippen LogP contribution in [0, 0.1) is 0 Å². The number of phenolic OH excluding ortho intramolecular Hbond substituents is 2. The Labute approximate surface area is 124 Å². The van der Waals surface area contributed by atoms with Crippen molar-refractivity contribution in [3.05, 3.63) is 46.2 Å². The van der Waals surface area contributed by atoms with E-state index < -0.39 is 17.9 Å². The number of carbonyl (C=O) groups excluding carboxylic acids is 1. The highest BCUT2D eigenvalue weighted by molar-refractivity contribution is 7.12. The zero-order chi connectivity index (χ0) is 15.4. The van der Waals surface area contributed by atoms with Crippen LogP contribution in [-0.2, 0) is 11.2 Å². The molecule has 1 amide bonds. The van der Waals surface area contributed by atoms with Gasteiger partial charge in [0, 0.05) is 6.42 Å². The molecule has 0 bridgehead atoms. The fourth-order valence-corrected chi connectivity index (χ4v) is 2.40. The third-order valence-corrected chi connectivity index (χ3v) is 3.70. The number of rotatable bonds is 5. The number of amides is 1. The maximum atomic E-state index is 11.9. The van der Waals surface area contributed by atoms with E-state index in [0.29, 0.717) is 10.4 Å². The van der Waals surface area contributed by atoms with E-state index in [9.17, 15) is 24.9 Å². The number of benzene rings is 1. The molecular formula is C14H13NO5S. The van der Waals surface area contributed by atoms with Crippen LogP contribution in [0.4, 0.5) is 0 Å². The zero-order valence-electron chi connectivity index (χ0n) is 10.8. The molecule has 2 rings (SSSR count). The minimum Gasteiger partial charge on any atom is -0.504 e. The van der Waals surface area contributed by atoms with Crippen LogP contribution < -0.4 is 5.32 Å². The molecule has 0 fully saturated rings. The normalized spacial score (nSPS) is 11.8. The maximum Gasteiger partial charge on any atom is 0.326 e. The van der Waals surface area contributed by atoms with Gasteiger partial charge in [0.05, 0.1) is 4.88 Å². The molecule has 1 unspecified atom stereocenters. The van der Waals surface area contributed by atoms with Crippen molar-refractivity contribution in [3.8, 4) is 11.5 Å².